The van der Waals surface area contributed by atoms with Crippen molar-refractivity contribution < 1.29 is 8.83 Å². The van der Waals surface area contributed by atoms with Crippen molar-refractivity contribution in [3.63, 3.8) is 0 Å². The number of benzene rings is 3. The van der Waals surface area contributed by atoms with E-state index in [1.165, 1.54) is 11.1 Å². The highest BCUT2D eigenvalue weighted by Crippen LogP contribution is 2.25. The van der Waals surface area contributed by atoms with Crippen LogP contribution in [0, 0.1) is 13.8 Å². The molecule has 0 aliphatic carbocycles. The van der Waals surface area contributed by atoms with E-state index in [2.05, 4.69) is 25.4 Å². The molecule has 0 radical (unpaired) electrons. The van der Waals surface area contributed by atoms with Gasteiger partial charge in [0.2, 0.25) is 11.8 Å². The van der Waals surface area contributed by atoms with Gasteiger partial charge in [-0.15, -0.1) is 5.10 Å². The first kappa shape index (κ1) is 20.4. The zero-order chi connectivity index (χ0) is 22.6. The molecular weight excluding hydrogens is 414 g/mol. The topological polar surface area (TPSA) is 93.6 Å². The molecule has 3 heterocycles. The van der Waals surface area contributed by atoms with Crippen LogP contribution in [0.3, 0.4) is 0 Å². The van der Waals surface area contributed by atoms with Gasteiger partial charge >= 0.3 is 0 Å². The fourth-order valence-electron chi connectivity index (χ4n) is 3.36. The van der Waals surface area contributed by atoms with E-state index in [1.54, 1.807) is 12.4 Å². The van der Waals surface area contributed by atoms with Gasteiger partial charge in [0.1, 0.15) is 11.0 Å². The van der Waals surface area contributed by atoms with Crippen molar-refractivity contribution in [1.29, 1.82) is 0 Å². The maximum absolute atomic E-state index is 5.87. The Balaban J connectivity index is 0.000000406. The molecule has 3 aromatic carbocycles. The number of H-pyrrole nitrogens is 1. The first-order chi connectivity index (χ1) is 16.1. The summed E-state index contributed by atoms with van der Waals surface area (Å²) in [4.78, 5) is 9.10. The number of fused-ring (bicyclic) bond motifs is 2. The van der Waals surface area contributed by atoms with Crippen LogP contribution in [-0.2, 0) is 0 Å². The molecule has 3 aromatic heterocycles. The van der Waals surface area contributed by atoms with E-state index in [1.807, 2.05) is 86.7 Å². The van der Waals surface area contributed by atoms with Crippen LogP contribution in [0.4, 0.5) is 0 Å². The maximum Gasteiger partial charge on any atom is 0.227 e. The summed E-state index contributed by atoms with van der Waals surface area (Å²) in [7, 11) is 0. The third-order valence-corrected chi connectivity index (χ3v) is 5.01. The zero-order valence-corrected chi connectivity index (χ0v) is 18.2. The number of hydrogen-bond donors (Lipinski definition) is 1. The lowest BCUT2D eigenvalue weighted by Gasteiger charge is -1.96. The lowest BCUT2D eigenvalue weighted by atomic mass is 10.1. The third kappa shape index (κ3) is 4.72. The van der Waals surface area contributed by atoms with Gasteiger partial charge in [0.15, 0.2) is 11.2 Å². The first-order valence-electron chi connectivity index (χ1n) is 10.5. The molecule has 0 bridgehead atoms. The summed E-state index contributed by atoms with van der Waals surface area (Å²) in [5.74, 6) is 1.23. The second kappa shape index (κ2) is 8.92. The van der Waals surface area contributed by atoms with Gasteiger partial charge in [0, 0.05) is 17.8 Å². The van der Waals surface area contributed by atoms with E-state index in [0.29, 0.717) is 11.8 Å². The normalized spacial score (nSPS) is 11.2. The lowest BCUT2D eigenvalue weighted by molar-refractivity contribution is 0.589. The summed E-state index contributed by atoms with van der Waals surface area (Å²) in [6, 6.07) is 20.1. The van der Waals surface area contributed by atoms with Crippen molar-refractivity contribution in [2.75, 3.05) is 0 Å². The molecule has 0 unspecified atom stereocenters. The molecule has 6 rings (SSSR count). The Morgan fingerprint density at radius 1 is 0.758 bits per heavy atom. The van der Waals surface area contributed by atoms with Gasteiger partial charge in [0.25, 0.3) is 0 Å². The van der Waals surface area contributed by atoms with Crippen LogP contribution in [0.15, 0.2) is 81.9 Å². The number of oxazole rings is 2. The summed E-state index contributed by atoms with van der Waals surface area (Å²) in [5, 5.41) is 9.26. The number of aryl methyl sites for hydroxylation is 2. The van der Waals surface area contributed by atoms with Crippen molar-refractivity contribution in [3.8, 4) is 11.5 Å². The molecule has 0 saturated heterocycles. The molecule has 7 nitrogen and oxygen atoms in total. The quantitative estimate of drug-likeness (QED) is 0.354. The molecule has 7 heteroatoms. The number of aromatic nitrogens is 5. The van der Waals surface area contributed by atoms with Gasteiger partial charge in [-0.3, -0.25) is 5.10 Å². The highest BCUT2D eigenvalue weighted by molar-refractivity contribution is 5.78. The molecule has 1 N–H and O–H groups in total. The summed E-state index contributed by atoms with van der Waals surface area (Å²) in [6.07, 6.45) is 7.10. The predicted octanol–water partition coefficient (Wildman–Crippen LogP) is 6.23. The van der Waals surface area contributed by atoms with E-state index in [4.69, 9.17) is 8.83 Å². The van der Waals surface area contributed by atoms with Gasteiger partial charge in [-0.25, -0.2) is 9.97 Å². The van der Waals surface area contributed by atoms with E-state index in [9.17, 15) is 0 Å². The standard InChI is InChI=1S/C24H18N2O2.C2H3N3/c1-15-3-10-21-19(13-15)25-23(27-21)12-7-17-5-8-18(9-6-17)24-26-20-14-16(2)4-11-22(20)28-24;1-2-4-5-3-1/h3-14H,1-2H3;1-2H,(H,3,4,5). The summed E-state index contributed by atoms with van der Waals surface area (Å²) in [6.45, 7) is 4.09. The molecular formula is C26H21N5O2. The van der Waals surface area contributed by atoms with Gasteiger partial charge in [-0.05, 0) is 73.0 Å². The van der Waals surface area contributed by atoms with Crippen molar-refractivity contribution in [1.82, 2.24) is 25.4 Å². The number of hydrogen-bond acceptors (Lipinski definition) is 6. The van der Waals surface area contributed by atoms with Crippen molar-refractivity contribution in [3.05, 3.63) is 95.6 Å². The Bertz CT molecular complexity index is 1510. The molecule has 0 saturated carbocycles. The maximum atomic E-state index is 5.87. The minimum absolute atomic E-state index is 0.596. The summed E-state index contributed by atoms with van der Waals surface area (Å²) in [5.41, 5.74) is 7.69. The van der Waals surface area contributed by atoms with Crippen LogP contribution in [0.2, 0.25) is 0 Å². The van der Waals surface area contributed by atoms with Crippen LogP contribution >= 0.6 is 0 Å². The minimum atomic E-state index is 0.596. The molecule has 0 amide bonds. The molecule has 0 aliphatic heterocycles. The fraction of sp³-hybridized carbons (Fsp3) is 0.0769. The highest BCUT2D eigenvalue weighted by atomic mass is 16.4. The fourth-order valence-corrected chi connectivity index (χ4v) is 3.36. The highest BCUT2D eigenvalue weighted by Gasteiger charge is 2.08. The van der Waals surface area contributed by atoms with Gasteiger partial charge in [0.05, 0.1) is 6.20 Å². The van der Waals surface area contributed by atoms with Crippen LogP contribution in [0.1, 0.15) is 22.6 Å². The van der Waals surface area contributed by atoms with E-state index >= 15 is 0 Å². The van der Waals surface area contributed by atoms with Crippen molar-refractivity contribution in [2.24, 2.45) is 0 Å². The zero-order valence-electron chi connectivity index (χ0n) is 18.2. The van der Waals surface area contributed by atoms with Crippen LogP contribution in [-0.4, -0.2) is 25.4 Å². The van der Waals surface area contributed by atoms with Gasteiger partial charge in [-0.1, -0.05) is 29.5 Å². The molecule has 0 aliphatic rings. The van der Waals surface area contributed by atoms with E-state index < -0.39 is 0 Å². The first-order valence-corrected chi connectivity index (χ1v) is 10.5. The van der Waals surface area contributed by atoms with Crippen LogP contribution < -0.4 is 0 Å². The Labute approximate surface area is 189 Å². The number of nitrogens with one attached hydrogen (secondary N) is 1. The molecule has 0 spiro atoms. The molecule has 162 valence electrons. The smallest absolute Gasteiger partial charge is 0.227 e. The summed E-state index contributed by atoms with van der Waals surface area (Å²) < 4.78 is 11.6. The van der Waals surface area contributed by atoms with E-state index in [0.717, 1.165) is 33.3 Å². The third-order valence-electron chi connectivity index (χ3n) is 5.01. The van der Waals surface area contributed by atoms with Crippen LogP contribution in [0.5, 0.6) is 0 Å². The Kier molecular flexibility index (Phi) is 5.51. The SMILES string of the molecule is Cc1ccc2oc(C=Cc3ccc(-c4nc5cc(C)ccc5o4)cc3)nc2c1.c1c[nH]nn1. The molecule has 0 fully saturated rings. The minimum Gasteiger partial charge on any atom is -0.437 e. The second-order valence-electron chi connectivity index (χ2n) is 7.63. The van der Waals surface area contributed by atoms with Crippen LogP contribution in [0.25, 0.3) is 45.8 Å². The largest absolute Gasteiger partial charge is 0.437 e. The monoisotopic (exact) mass is 435 g/mol. The van der Waals surface area contributed by atoms with E-state index in [-0.39, 0.29) is 0 Å². The Morgan fingerprint density at radius 2 is 1.45 bits per heavy atom. The summed E-state index contributed by atoms with van der Waals surface area (Å²) >= 11 is 0. The second-order valence-corrected chi connectivity index (χ2v) is 7.63. The van der Waals surface area contributed by atoms with Crippen molar-refractivity contribution in [2.45, 2.75) is 13.8 Å². The Morgan fingerprint density at radius 3 is 2.09 bits per heavy atom. The van der Waals surface area contributed by atoms with Gasteiger partial charge in [-0.2, -0.15) is 0 Å². The molecule has 6 aromatic rings. The average Bonchev–Trinajstić information content (AvgIpc) is 3.58. The molecule has 0 atom stereocenters. The molecule has 33 heavy (non-hydrogen) atoms. The lowest BCUT2D eigenvalue weighted by Crippen LogP contribution is -1.78. The Hall–Kier alpha value is -4.52. The number of nitrogens with zero attached hydrogens (tertiary/aromatic N) is 4. The van der Waals surface area contributed by atoms with Gasteiger partial charge < -0.3 is 8.83 Å². The number of rotatable bonds is 3. The average molecular weight is 435 g/mol. The number of aromatic amines is 1. The predicted molar refractivity (Wildman–Crippen MR) is 128 cm³/mol. The van der Waals surface area contributed by atoms with Crippen molar-refractivity contribution >= 4 is 34.4 Å².